The van der Waals surface area contributed by atoms with Gasteiger partial charge in [0.25, 0.3) is 0 Å². The first-order valence-electron chi connectivity index (χ1n) is 10.4. The van der Waals surface area contributed by atoms with E-state index >= 15 is 0 Å². The minimum absolute atomic E-state index is 0.0637. The number of rotatable bonds is 9. The van der Waals surface area contributed by atoms with Crippen molar-refractivity contribution in [1.29, 1.82) is 0 Å². The fraction of sp³-hybridized carbons (Fsp3) is 0.160. The molecule has 1 amide bonds. The SMILES string of the molecule is C=CCn1c(COc2ccc3ccccc3c2C)nnc1SCC(=O)Nc1ccccc1F. The first kappa shape index (κ1) is 22.5. The zero-order chi connectivity index (χ0) is 23.2. The minimum Gasteiger partial charge on any atom is -0.485 e. The fourth-order valence-electron chi connectivity index (χ4n) is 3.43. The summed E-state index contributed by atoms with van der Waals surface area (Å²) in [5.41, 5.74) is 1.21. The average molecular weight is 463 g/mol. The summed E-state index contributed by atoms with van der Waals surface area (Å²) in [5, 5.41) is 13.9. The highest BCUT2D eigenvalue weighted by Gasteiger charge is 2.15. The van der Waals surface area contributed by atoms with E-state index in [9.17, 15) is 9.18 Å². The molecule has 0 saturated carbocycles. The third-order valence-electron chi connectivity index (χ3n) is 5.09. The lowest BCUT2D eigenvalue weighted by molar-refractivity contribution is -0.113. The standard InChI is InChI=1S/C25H23FN4O2S/c1-3-14-30-23(15-32-22-13-12-18-8-4-5-9-19(18)17(22)2)28-29-25(30)33-16-24(31)27-21-11-7-6-10-20(21)26/h3-13H,1,14-16H2,2H3,(H,27,31). The number of ether oxygens (including phenoxy) is 1. The van der Waals surface area contributed by atoms with Gasteiger partial charge >= 0.3 is 0 Å². The highest BCUT2D eigenvalue weighted by Crippen LogP contribution is 2.28. The molecule has 0 aliphatic heterocycles. The molecule has 0 atom stereocenters. The lowest BCUT2D eigenvalue weighted by Gasteiger charge is -2.12. The lowest BCUT2D eigenvalue weighted by atomic mass is 10.0. The maximum atomic E-state index is 13.7. The Balaban J connectivity index is 1.43. The Morgan fingerprint density at radius 2 is 1.94 bits per heavy atom. The predicted octanol–water partition coefficient (Wildman–Crippen LogP) is 5.37. The van der Waals surface area contributed by atoms with Crippen LogP contribution >= 0.6 is 11.8 Å². The number of thioether (sulfide) groups is 1. The van der Waals surface area contributed by atoms with Gasteiger partial charge in [0.1, 0.15) is 18.2 Å². The van der Waals surface area contributed by atoms with E-state index in [1.54, 1.807) is 18.2 Å². The first-order valence-corrected chi connectivity index (χ1v) is 11.4. The van der Waals surface area contributed by atoms with Crippen molar-refractivity contribution in [2.24, 2.45) is 0 Å². The second kappa shape index (κ2) is 10.3. The van der Waals surface area contributed by atoms with Crippen molar-refractivity contribution in [3.8, 4) is 5.75 Å². The number of nitrogens with one attached hydrogen (secondary N) is 1. The molecule has 4 aromatic rings. The van der Waals surface area contributed by atoms with Crippen molar-refractivity contribution in [1.82, 2.24) is 14.8 Å². The van der Waals surface area contributed by atoms with Gasteiger partial charge in [-0.05, 0) is 41.5 Å². The van der Waals surface area contributed by atoms with Crippen LogP contribution in [0.3, 0.4) is 0 Å². The van der Waals surface area contributed by atoms with E-state index in [4.69, 9.17) is 4.74 Å². The van der Waals surface area contributed by atoms with E-state index in [1.807, 2.05) is 35.8 Å². The molecule has 1 aromatic heterocycles. The Kier molecular flexibility index (Phi) is 7.04. The van der Waals surface area contributed by atoms with Gasteiger partial charge in [0.2, 0.25) is 5.91 Å². The van der Waals surface area contributed by atoms with E-state index in [1.165, 1.54) is 23.9 Å². The summed E-state index contributed by atoms with van der Waals surface area (Å²) in [6.07, 6.45) is 1.73. The highest BCUT2D eigenvalue weighted by molar-refractivity contribution is 7.99. The number of hydrogen-bond acceptors (Lipinski definition) is 5. The molecule has 1 N–H and O–H groups in total. The van der Waals surface area contributed by atoms with Crippen molar-refractivity contribution in [2.75, 3.05) is 11.1 Å². The van der Waals surface area contributed by atoms with Gasteiger partial charge in [-0.3, -0.25) is 9.36 Å². The number of benzene rings is 3. The van der Waals surface area contributed by atoms with Gasteiger partial charge in [0.15, 0.2) is 11.0 Å². The smallest absolute Gasteiger partial charge is 0.234 e. The third kappa shape index (κ3) is 5.23. The van der Waals surface area contributed by atoms with Gasteiger partial charge in [0.05, 0.1) is 11.4 Å². The van der Waals surface area contributed by atoms with Crippen molar-refractivity contribution in [2.45, 2.75) is 25.2 Å². The second-order valence-corrected chi connectivity index (χ2v) is 8.26. The summed E-state index contributed by atoms with van der Waals surface area (Å²) in [6.45, 7) is 6.52. The van der Waals surface area contributed by atoms with Crippen LogP contribution in [-0.4, -0.2) is 26.4 Å². The Hall–Kier alpha value is -3.65. The quantitative estimate of drug-likeness (QED) is 0.267. The van der Waals surface area contributed by atoms with Crippen LogP contribution in [0.2, 0.25) is 0 Å². The summed E-state index contributed by atoms with van der Waals surface area (Å²) in [7, 11) is 0. The van der Waals surface area contributed by atoms with Crippen LogP contribution in [0.1, 0.15) is 11.4 Å². The van der Waals surface area contributed by atoms with Crippen LogP contribution in [0, 0.1) is 12.7 Å². The van der Waals surface area contributed by atoms with Crippen LogP contribution < -0.4 is 10.1 Å². The zero-order valence-electron chi connectivity index (χ0n) is 18.1. The number of anilines is 1. The number of allylic oxidation sites excluding steroid dienone is 1. The highest BCUT2D eigenvalue weighted by atomic mass is 32.2. The van der Waals surface area contributed by atoms with Gasteiger partial charge in [-0.15, -0.1) is 16.8 Å². The Bertz CT molecular complexity index is 1300. The van der Waals surface area contributed by atoms with Gasteiger partial charge in [0, 0.05) is 6.54 Å². The second-order valence-electron chi connectivity index (χ2n) is 7.31. The number of aryl methyl sites for hydroxylation is 1. The number of carbonyl (C=O) groups excluding carboxylic acids is 1. The topological polar surface area (TPSA) is 69.0 Å². The minimum atomic E-state index is -0.478. The molecule has 33 heavy (non-hydrogen) atoms. The Labute approximate surface area is 195 Å². The molecule has 0 saturated heterocycles. The normalized spacial score (nSPS) is 10.8. The number of para-hydroxylation sites is 1. The number of halogens is 1. The molecule has 0 fully saturated rings. The number of amides is 1. The van der Waals surface area contributed by atoms with Crippen LogP contribution in [0.25, 0.3) is 10.8 Å². The number of aromatic nitrogens is 3. The summed E-state index contributed by atoms with van der Waals surface area (Å²) in [6, 6.07) is 18.2. The molecule has 1 heterocycles. The van der Waals surface area contributed by atoms with Gasteiger partial charge in [-0.1, -0.05) is 60.3 Å². The summed E-state index contributed by atoms with van der Waals surface area (Å²) < 4.78 is 21.7. The summed E-state index contributed by atoms with van der Waals surface area (Å²) in [5.74, 6) is 0.658. The van der Waals surface area contributed by atoms with E-state index in [0.717, 1.165) is 22.1 Å². The molecule has 0 spiro atoms. The van der Waals surface area contributed by atoms with E-state index < -0.39 is 5.82 Å². The monoisotopic (exact) mass is 462 g/mol. The van der Waals surface area contributed by atoms with Crippen LogP contribution in [0.5, 0.6) is 5.75 Å². The fourth-order valence-corrected chi connectivity index (χ4v) is 4.20. The summed E-state index contributed by atoms with van der Waals surface area (Å²) >= 11 is 1.22. The molecule has 0 radical (unpaired) electrons. The largest absolute Gasteiger partial charge is 0.485 e. The van der Waals surface area contributed by atoms with E-state index in [0.29, 0.717) is 17.5 Å². The maximum Gasteiger partial charge on any atom is 0.234 e. The molecule has 8 heteroatoms. The number of fused-ring (bicyclic) bond motifs is 1. The van der Waals surface area contributed by atoms with Gasteiger partial charge in [-0.2, -0.15) is 0 Å². The maximum absolute atomic E-state index is 13.7. The van der Waals surface area contributed by atoms with Gasteiger partial charge in [-0.25, -0.2) is 4.39 Å². The van der Waals surface area contributed by atoms with Crippen molar-refractivity contribution >= 4 is 34.1 Å². The zero-order valence-corrected chi connectivity index (χ0v) is 18.9. The molecule has 168 valence electrons. The molecule has 0 aliphatic rings. The van der Waals surface area contributed by atoms with Crippen LogP contribution in [-0.2, 0) is 17.9 Å². The van der Waals surface area contributed by atoms with Crippen LogP contribution in [0.15, 0.2) is 78.5 Å². The van der Waals surface area contributed by atoms with E-state index in [2.05, 4.69) is 34.2 Å². The lowest BCUT2D eigenvalue weighted by Crippen LogP contribution is -2.15. The Morgan fingerprint density at radius 1 is 1.15 bits per heavy atom. The van der Waals surface area contributed by atoms with Crippen molar-refractivity contribution in [3.63, 3.8) is 0 Å². The van der Waals surface area contributed by atoms with Crippen LogP contribution in [0.4, 0.5) is 10.1 Å². The summed E-state index contributed by atoms with van der Waals surface area (Å²) in [4.78, 5) is 12.3. The molecule has 3 aromatic carbocycles. The molecule has 4 rings (SSSR count). The third-order valence-corrected chi connectivity index (χ3v) is 6.06. The molecule has 0 unspecified atom stereocenters. The number of carbonyl (C=O) groups is 1. The molecule has 0 aliphatic carbocycles. The van der Waals surface area contributed by atoms with E-state index in [-0.39, 0.29) is 24.0 Å². The molecular weight excluding hydrogens is 439 g/mol. The number of nitrogens with zero attached hydrogens (tertiary/aromatic N) is 3. The molecular formula is C25H23FN4O2S. The predicted molar refractivity (Wildman–Crippen MR) is 129 cm³/mol. The average Bonchev–Trinajstić information content (AvgIpc) is 3.21. The first-order chi connectivity index (χ1) is 16.1. The van der Waals surface area contributed by atoms with Crippen molar-refractivity contribution in [3.05, 3.63) is 90.5 Å². The molecule has 0 bridgehead atoms. The number of hydrogen-bond donors (Lipinski definition) is 1. The van der Waals surface area contributed by atoms with Crippen molar-refractivity contribution < 1.29 is 13.9 Å². The Morgan fingerprint density at radius 3 is 2.76 bits per heavy atom. The molecule has 6 nitrogen and oxygen atoms in total. The van der Waals surface area contributed by atoms with Gasteiger partial charge < -0.3 is 10.1 Å².